The number of benzene rings is 1. The van der Waals surface area contributed by atoms with Gasteiger partial charge >= 0.3 is 0 Å². The van der Waals surface area contributed by atoms with Crippen LogP contribution in [-0.4, -0.2) is 37.2 Å². The highest BCUT2D eigenvalue weighted by molar-refractivity contribution is 7.17. The molecule has 0 aliphatic heterocycles. The number of carbonyl (C=O) groups is 1. The minimum absolute atomic E-state index is 0.213. The summed E-state index contributed by atoms with van der Waals surface area (Å²) in [5.74, 6) is 1.35. The van der Waals surface area contributed by atoms with Crippen LogP contribution in [0.15, 0.2) is 36.7 Å². The van der Waals surface area contributed by atoms with Crippen LogP contribution in [0, 0.1) is 6.92 Å². The predicted molar refractivity (Wildman–Crippen MR) is 104 cm³/mol. The van der Waals surface area contributed by atoms with E-state index in [9.17, 15) is 4.79 Å². The highest BCUT2D eigenvalue weighted by Crippen LogP contribution is 2.42. The molecule has 0 spiro atoms. The van der Waals surface area contributed by atoms with E-state index in [0.717, 1.165) is 5.56 Å². The van der Waals surface area contributed by atoms with Crippen molar-refractivity contribution in [2.75, 3.05) is 26.6 Å². The Morgan fingerprint density at radius 3 is 2.22 bits per heavy atom. The third-order valence-corrected chi connectivity index (χ3v) is 5.06. The third kappa shape index (κ3) is 3.85. The number of rotatable bonds is 6. The molecule has 0 unspecified atom stereocenters. The van der Waals surface area contributed by atoms with Crippen molar-refractivity contribution in [1.29, 1.82) is 0 Å². The molecule has 2 aromatic heterocycles. The smallest absolute Gasteiger partial charge is 0.267 e. The highest BCUT2D eigenvalue weighted by atomic mass is 32.1. The Bertz CT molecular complexity index is 932. The SMILES string of the molecule is COc1cc(-c2nc(C)c(C(=O)Nc3ccncc3)s2)cc(OC)c1OC. The Morgan fingerprint density at radius 1 is 1.04 bits per heavy atom. The first-order valence-electron chi connectivity index (χ1n) is 8.06. The van der Waals surface area contributed by atoms with Crippen molar-refractivity contribution >= 4 is 22.9 Å². The molecule has 0 saturated carbocycles. The Hall–Kier alpha value is -3.13. The number of ether oxygens (including phenoxy) is 3. The molecular formula is C19H19N3O4S. The number of amides is 1. The summed E-state index contributed by atoms with van der Waals surface area (Å²) in [5.41, 5.74) is 2.10. The number of aromatic nitrogens is 2. The molecule has 0 aliphatic carbocycles. The molecule has 0 atom stereocenters. The van der Waals surface area contributed by atoms with Crippen molar-refractivity contribution in [2.24, 2.45) is 0 Å². The summed E-state index contributed by atoms with van der Waals surface area (Å²) in [7, 11) is 4.67. The first-order chi connectivity index (χ1) is 13.1. The van der Waals surface area contributed by atoms with Crippen molar-refractivity contribution < 1.29 is 19.0 Å². The maximum atomic E-state index is 12.6. The summed E-state index contributed by atoms with van der Waals surface area (Å²) in [6.07, 6.45) is 3.24. The number of nitrogens with one attached hydrogen (secondary N) is 1. The van der Waals surface area contributed by atoms with Crippen molar-refractivity contribution in [3.8, 4) is 27.8 Å². The van der Waals surface area contributed by atoms with Gasteiger partial charge in [-0.3, -0.25) is 9.78 Å². The van der Waals surface area contributed by atoms with Gasteiger partial charge in [0.25, 0.3) is 5.91 Å². The monoisotopic (exact) mass is 385 g/mol. The van der Waals surface area contributed by atoms with Crippen molar-refractivity contribution in [3.63, 3.8) is 0 Å². The van der Waals surface area contributed by atoms with Gasteiger partial charge in [0.1, 0.15) is 9.88 Å². The van der Waals surface area contributed by atoms with Crippen LogP contribution in [0.3, 0.4) is 0 Å². The molecule has 1 N–H and O–H groups in total. The second-order valence-corrected chi connectivity index (χ2v) is 6.54. The summed E-state index contributed by atoms with van der Waals surface area (Å²) < 4.78 is 16.1. The van der Waals surface area contributed by atoms with Crippen LogP contribution in [0.25, 0.3) is 10.6 Å². The number of nitrogens with zero attached hydrogens (tertiary/aromatic N) is 2. The van der Waals surface area contributed by atoms with Gasteiger partial charge in [-0.05, 0) is 31.2 Å². The van der Waals surface area contributed by atoms with Gasteiger partial charge in [-0.15, -0.1) is 11.3 Å². The number of thiazole rings is 1. The van der Waals surface area contributed by atoms with Crippen LogP contribution in [0.2, 0.25) is 0 Å². The summed E-state index contributed by atoms with van der Waals surface area (Å²) in [5, 5.41) is 3.54. The Balaban J connectivity index is 1.95. The molecule has 2 heterocycles. The number of hydrogen-bond acceptors (Lipinski definition) is 7. The van der Waals surface area contributed by atoms with E-state index in [0.29, 0.717) is 38.5 Å². The molecule has 0 fully saturated rings. The second-order valence-electron chi connectivity index (χ2n) is 5.54. The number of pyridine rings is 1. The summed E-state index contributed by atoms with van der Waals surface area (Å²) in [4.78, 5) is 21.6. The van der Waals surface area contributed by atoms with Crippen molar-refractivity contribution in [2.45, 2.75) is 6.92 Å². The summed E-state index contributed by atoms with van der Waals surface area (Å²) in [6.45, 7) is 1.81. The fourth-order valence-electron chi connectivity index (χ4n) is 2.56. The molecule has 1 amide bonds. The molecule has 27 heavy (non-hydrogen) atoms. The normalized spacial score (nSPS) is 10.4. The molecule has 3 rings (SSSR count). The molecule has 8 heteroatoms. The number of aryl methyl sites for hydroxylation is 1. The number of hydrogen-bond donors (Lipinski definition) is 1. The first-order valence-corrected chi connectivity index (χ1v) is 8.88. The molecule has 3 aromatic rings. The Morgan fingerprint density at radius 2 is 1.67 bits per heavy atom. The minimum atomic E-state index is -0.213. The highest BCUT2D eigenvalue weighted by Gasteiger charge is 2.20. The van der Waals surface area contributed by atoms with E-state index in [2.05, 4.69) is 15.3 Å². The van der Waals surface area contributed by atoms with Gasteiger partial charge < -0.3 is 19.5 Å². The lowest BCUT2D eigenvalue weighted by molar-refractivity contribution is 0.103. The quantitative estimate of drug-likeness (QED) is 0.695. The van der Waals surface area contributed by atoms with Gasteiger partial charge in [0.05, 0.1) is 27.0 Å². The predicted octanol–water partition coefficient (Wildman–Crippen LogP) is 3.79. The van der Waals surface area contributed by atoms with Gasteiger partial charge in [0, 0.05) is 23.6 Å². The maximum absolute atomic E-state index is 12.6. The molecular weight excluding hydrogens is 366 g/mol. The maximum Gasteiger partial charge on any atom is 0.267 e. The molecule has 0 bridgehead atoms. The van der Waals surface area contributed by atoms with E-state index < -0.39 is 0 Å². The molecule has 1 aromatic carbocycles. The number of anilines is 1. The lowest BCUT2D eigenvalue weighted by Gasteiger charge is -2.13. The fourth-order valence-corrected chi connectivity index (χ4v) is 3.51. The Labute approximate surface area is 161 Å². The van der Waals surface area contributed by atoms with Crippen LogP contribution in [0.5, 0.6) is 17.2 Å². The summed E-state index contributed by atoms with van der Waals surface area (Å²) >= 11 is 1.30. The van der Waals surface area contributed by atoms with Crippen LogP contribution >= 0.6 is 11.3 Å². The lowest BCUT2D eigenvalue weighted by atomic mass is 10.2. The molecule has 7 nitrogen and oxygen atoms in total. The van der Waals surface area contributed by atoms with E-state index in [-0.39, 0.29) is 5.91 Å². The molecule has 0 radical (unpaired) electrons. The largest absolute Gasteiger partial charge is 0.493 e. The van der Waals surface area contributed by atoms with Crippen molar-refractivity contribution in [1.82, 2.24) is 9.97 Å². The van der Waals surface area contributed by atoms with Gasteiger partial charge in [0.15, 0.2) is 11.5 Å². The molecule has 140 valence electrons. The number of carbonyl (C=O) groups excluding carboxylic acids is 1. The van der Waals surface area contributed by atoms with Crippen LogP contribution < -0.4 is 19.5 Å². The number of methoxy groups -OCH3 is 3. The van der Waals surface area contributed by atoms with Gasteiger partial charge in [-0.2, -0.15) is 0 Å². The zero-order chi connectivity index (χ0) is 19.4. The van der Waals surface area contributed by atoms with Crippen LogP contribution in [0.4, 0.5) is 5.69 Å². The minimum Gasteiger partial charge on any atom is -0.493 e. The lowest BCUT2D eigenvalue weighted by Crippen LogP contribution is -2.11. The Kier molecular flexibility index (Phi) is 5.56. The van der Waals surface area contributed by atoms with Gasteiger partial charge in [-0.25, -0.2) is 4.98 Å². The summed E-state index contributed by atoms with van der Waals surface area (Å²) in [6, 6.07) is 7.08. The second kappa shape index (κ2) is 8.05. The van der Waals surface area contributed by atoms with E-state index >= 15 is 0 Å². The zero-order valence-electron chi connectivity index (χ0n) is 15.4. The first kappa shape index (κ1) is 18.7. The fraction of sp³-hybridized carbons (Fsp3) is 0.211. The van der Waals surface area contributed by atoms with Gasteiger partial charge in [-0.1, -0.05) is 0 Å². The standard InChI is InChI=1S/C19H19N3O4S/c1-11-17(18(23)22-13-5-7-20-8-6-13)27-19(21-11)12-9-14(24-2)16(26-4)15(10-12)25-3/h5-10H,1-4H3,(H,20,22,23). The third-order valence-electron chi connectivity index (χ3n) is 3.85. The molecule has 0 saturated heterocycles. The average Bonchev–Trinajstić information content (AvgIpc) is 3.09. The molecule has 0 aliphatic rings. The van der Waals surface area contributed by atoms with E-state index in [1.54, 1.807) is 52.8 Å². The average molecular weight is 385 g/mol. The van der Waals surface area contributed by atoms with Gasteiger partial charge in [0.2, 0.25) is 5.75 Å². The van der Waals surface area contributed by atoms with Crippen LogP contribution in [-0.2, 0) is 0 Å². The van der Waals surface area contributed by atoms with Crippen LogP contribution in [0.1, 0.15) is 15.4 Å². The zero-order valence-corrected chi connectivity index (χ0v) is 16.2. The topological polar surface area (TPSA) is 82.6 Å². The van der Waals surface area contributed by atoms with E-state index in [1.807, 2.05) is 12.1 Å². The van der Waals surface area contributed by atoms with Crippen molar-refractivity contribution in [3.05, 3.63) is 47.2 Å². The van der Waals surface area contributed by atoms with E-state index in [4.69, 9.17) is 14.2 Å². The van der Waals surface area contributed by atoms with E-state index in [1.165, 1.54) is 11.3 Å².